The highest BCUT2D eigenvalue weighted by molar-refractivity contribution is 7.09. The number of hydrogen-bond acceptors (Lipinski definition) is 3. The summed E-state index contributed by atoms with van der Waals surface area (Å²) in [5, 5.41) is 2.94. The number of halogens is 1. The van der Waals surface area contributed by atoms with E-state index in [1.807, 2.05) is 5.38 Å². The highest BCUT2D eigenvalue weighted by atomic mass is 32.1. The van der Waals surface area contributed by atoms with E-state index in [1.165, 1.54) is 0 Å². The van der Waals surface area contributed by atoms with Gasteiger partial charge in [0.05, 0.1) is 10.7 Å². The molecule has 1 heterocycles. The maximum atomic E-state index is 14.0. The predicted octanol–water partition coefficient (Wildman–Crippen LogP) is 2.81. The Morgan fingerprint density at radius 2 is 2.19 bits per heavy atom. The van der Waals surface area contributed by atoms with Gasteiger partial charge in [-0.05, 0) is 12.8 Å². The van der Waals surface area contributed by atoms with E-state index in [1.54, 1.807) is 11.3 Å². The van der Waals surface area contributed by atoms with Crippen LogP contribution in [0.3, 0.4) is 0 Å². The van der Waals surface area contributed by atoms with Crippen molar-refractivity contribution in [1.29, 1.82) is 0 Å². The van der Waals surface area contributed by atoms with Gasteiger partial charge >= 0.3 is 0 Å². The lowest BCUT2D eigenvalue weighted by Gasteiger charge is -2.38. The Balaban J connectivity index is 2.04. The molecule has 1 fully saturated rings. The maximum Gasteiger partial charge on any atom is 0.120 e. The normalized spacial score (nSPS) is 30.2. The molecule has 0 atom stereocenters. The van der Waals surface area contributed by atoms with Gasteiger partial charge < -0.3 is 5.73 Å². The molecule has 1 aliphatic rings. The topological polar surface area (TPSA) is 38.9 Å². The SMILES string of the molecule is CC(C)(C)c1csc(CC2(F)CC(N)C2)n1. The van der Waals surface area contributed by atoms with Crippen LogP contribution in [-0.2, 0) is 11.8 Å². The van der Waals surface area contributed by atoms with Crippen molar-refractivity contribution >= 4 is 11.3 Å². The first kappa shape index (κ1) is 12.0. The highest BCUT2D eigenvalue weighted by Crippen LogP contribution is 2.39. The summed E-state index contributed by atoms with van der Waals surface area (Å²) in [6.45, 7) is 6.36. The molecule has 0 saturated heterocycles. The molecule has 90 valence electrons. The van der Waals surface area contributed by atoms with E-state index in [4.69, 9.17) is 5.73 Å². The third-order valence-corrected chi connectivity index (χ3v) is 3.89. The van der Waals surface area contributed by atoms with Gasteiger partial charge in [-0.15, -0.1) is 11.3 Å². The minimum Gasteiger partial charge on any atom is -0.327 e. The molecule has 4 heteroatoms. The second-order valence-corrected chi connectivity index (χ2v) is 6.82. The molecule has 0 bridgehead atoms. The first-order valence-corrected chi connectivity index (χ1v) is 6.56. The van der Waals surface area contributed by atoms with Crippen LogP contribution in [0.5, 0.6) is 0 Å². The summed E-state index contributed by atoms with van der Waals surface area (Å²) in [6.07, 6.45) is 1.40. The quantitative estimate of drug-likeness (QED) is 0.866. The van der Waals surface area contributed by atoms with Crippen LogP contribution in [0.15, 0.2) is 5.38 Å². The van der Waals surface area contributed by atoms with E-state index in [0.29, 0.717) is 19.3 Å². The van der Waals surface area contributed by atoms with Crippen molar-refractivity contribution in [2.75, 3.05) is 0 Å². The Hall–Kier alpha value is -0.480. The van der Waals surface area contributed by atoms with Gasteiger partial charge in [-0.2, -0.15) is 0 Å². The van der Waals surface area contributed by atoms with E-state index >= 15 is 0 Å². The summed E-state index contributed by atoms with van der Waals surface area (Å²) in [5.41, 5.74) is 5.64. The molecule has 0 amide bonds. The molecule has 1 saturated carbocycles. The van der Waals surface area contributed by atoms with Crippen LogP contribution in [-0.4, -0.2) is 16.7 Å². The molecule has 16 heavy (non-hydrogen) atoms. The minimum atomic E-state index is -1.09. The molecular weight excluding hydrogens is 223 g/mol. The summed E-state index contributed by atoms with van der Waals surface area (Å²) >= 11 is 1.56. The van der Waals surface area contributed by atoms with E-state index in [2.05, 4.69) is 25.8 Å². The first-order chi connectivity index (χ1) is 7.28. The Bertz CT molecular complexity index is 375. The monoisotopic (exact) mass is 242 g/mol. The van der Waals surface area contributed by atoms with Crippen molar-refractivity contribution < 1.29 is 4.39 Å². The average molecular weight is 242 g/mol. The van der Waals surface area contributed by atoms with Gasteiger partial charge in [-0.3, -0.25) is 0 Å². The molecule has 0 spiro atoms. The molecule has 0 radical (unpaired) electrons. The van der Waals surface area contributed by atoms with Crippen LogP contribution < -0.4 is 5.73 Å². The second-order valence-electron chi connectivity index (χ2n) is 5.87. The van der Waals surface area contributed by atoms with Crippen LogP contribution in [0.4, 0.5) is 4.39 Å². The number of thiazole rings is 1. The zero-order chi connectivity index (χ0) is 12.0. The van der Waals surface area contributed by atoms with Crippen LogP contribution in [0.1, 0.15) is 44.3 Å². The lowest BCUT2D eigenvalue weighted by molar-refractivity contribution is 0.0443. The Morgan fingerprint density at radius 1 is 1.56 bits per heavy atom. The Morgan fingerprint density at radius 3 is 2.62 bits per heavy atom. The number of nitrogens with two attached hydrogens (primary N) is 1. The molecular formula is C12H19FN2S. The molecule has 0 aliphatic heterocycles. The van der Waals surface area contributed by atoms with E-state index in [-0.39, 0.29) is 11.5 Å². The standard InChI is InChI=1S/C12H19FN2S/c1-11(2,3)9-7-16-10(15-9)6-12(13)4-8(14)5-12/h7-8H,4-6,14H2,1-3H3. The Kier molecular flexibility index (Phi) is 2.83. The van der Waals surface area contributed by atoms with Gasteiger partial charge in [0, 0.05) is 23.3 Å². The van der Waals surface area contributed by atoms with Gasteiger partial charge in [-0.1, -0.05) is 20.8 Å². The lowest BCUT2D eigenvalue weighted by atomic mass is 9.76. The first-order valence-electron chi connectivity index (χ1n) is 5.68. The number of rotatable bonds is 2. The summed E-state index contributed by atoms with van der Waals surface area (Å²) in [6, 6.07) is 0.0482. The van der Waals surface area contributed by atoms with Gasteiger partial charge in [0.2, 0.25) is 0 Å². The molecule has 2 rings (SSSR count). The summed E-state index contributed by atoms with van der Waals surface area (Å²) < 4.78 is 14.0. The summed E-state index contributed by atoms with van der Waals surface area (Å²) in [5.74, 6) is 0. The number of hydrogen-bond donors (Lipinski definition) is 1. The van der Waals surface area contributed by atoms with Crippen LogP contribution in [0.2, 0.25) is 0 Å². The Labute approximate surface area is 100 Å². The van der Waals surface area contributed by atoms with Crippen molar-refractivity contribution in [3.8, 4) is 0 Å². The molecule has 1 aliphatic carbocycles. The molecule has 2 N–H and O–H groups in total. The highest BCUT2D eigenvalue weighted by Gasteiger charge is 2.43. The molecule has 1 aromatic heterocycles. The van der Waals surface area contributed by atoms with Gasteiger partial charge in [0.1, 0.15) is 5.67 Å². The third-order valence-electron chi connectivity index (χ3n) is 3.04. The van der Waals surface area contributed by atoms with Gasteiger partial charge in [0.25, 0.3) is 0 Å². The van der Waals surface area contributed by atoms with Crippen LogP contribution >= 0.6 is 11.3 Å². The second kappa shape index (κ2) is 3.77. The van der Waals surface area contributed by atoms with Crippen LogP contribution in [0.25, 0.3) is 0 Å². The lowest BCUT2D eigenvalue weighted by Crippen LogP contribution is -2.49. The van der Waals surface area contributed by atoms with Gasteiger partial charge in [0.15, 0.2) is 0 Å². The van der Waals surface area contributed by atoms with E-state index < -0.39 is 5.67 Å². The molecule has 1 aromatic rings. The zero-order valence-corrected chi connectivity index (χ0v) is 10.9. The summed E-state index contributed by atoms with van der Waals surface area (Å²) in [4.78, 5) is 4.51. The largest absolute Gasteiger partial charge is 0.327 e. The minimum absolute atomic E-state index is 0.0482. The third kappa shape index (κ3) is 2.43. The van der Waals surface area contributed by atoms with Crippen molar-refractivity contribution in [3.63, 3.8) is 0 Å². The zero-order valence-electron chi connectivity index (χ0n) is 10.1. The fourth-order valence-electron chi connectivity index (χ4n) is 2.03. The molecule has 2 nitrogen and oxygen atoms in total. The molecule has 0 aromatic carbocycles. The van der Waals surface area contributed by atoms with Crippen molar-refractivity contribution in [3.05, 3.63) is 16.1 Å². The molecule has 0 unspecified atom stereocenters. The predicted molar refractivity (Wildman–Crippen MR) is 65.6 cm³/mol. The smallest absolute Gasteiger partial charge is 0.120 e. The fraction of sp³-hybridized carbons (Fsp3) is 0.750. The van der Waals surface area contributed by atoms with Gasteiger partial charge in [-0.25, -0.2) is 9.37 Å². The maximum absolute atomic E-state index is 14.0. The van der Waals surface area contributed by atoms with Crippen molar-refractivity contribution in [2.45, 2.75) is 57.2 Å². The summed E-state index contributed by atoms with van der Waals surface area (Å²) in [7, 11) is 0. The van der Waals surface area contributed by atoms with Crippen LogP contribution in [0, 0.1) is 0 Å². The average Bonchev–Trinajstić information content (AvgIpc) is 2.48. The van der Waals surface area contributed by atoms with Crippen molar-refractivity contribution in [2.24, 2.45) is 5.73 Å². The fourth-order valence-corrected chi connectivity index (χ4v) is 3.18. The van der Waals surface area contributed by atoms with E-state index in [9.17, 15) is 4.39 Å². The number of aromatic nitrogens is 1. The van der Waals surface area contributed by atoms with E-state index in [0.717, 1.165) is 10.7 Å². The van der Waals surface area contributed by atoms with Crippen molar-refractivity contribution in [1.82, 2.24) is 4.98 Å². The number of alkyl halides is 1. The number of nitrogens with zero attached hydrogens (tertiary/aromatic N) is 1.